The molecule has 1 amide bonds. The molecule has 0 saturated carbocycles. The zero-order chi connectivity index (χ0) is 12.3. The Balaban J connectivity index is 1.95. The van der Waals surface area contributed by atoms with Gasteiger partial charge in [-0.3, -0.25) is 4.79 Å². The number of benzene rings is 1. The summed E-state index contributed by atoms with van der Waals surface area (Å²) in [4.78, 5) is 22.3. The van der Waals surface area contributed by atoms with Crippen LogP contribution in [0.1, 0.15) is 37.3 Å². The van der Waals surface area contributed by atoms with Crippen molar-refractivity contribution in [3.05, 3.63) is 29.3 Å². The van der Waals surface area contributed by atoms with Gasteiger partial charge in [0.25, 0.3) is 0 Å². The Morgan fingerprint density at radius 1 is 1.18 bits per heavy atom. The van der Waals surface area contributed by atoms with Crippen molar-refractivity contribution in [3.63, 3.8) is 0 Å². The summed E-state index contributed by atoms with van der Waals surface area (Å²) in [5.74, 6) is -0.0350. The number of Topliss-reactive ketones (excluding diaryl/α,β-unsaturated/α-hetero) is 1. The van der Waals surface area contributed by atoms with Gasteiger partial charge in [0.05, 0.1) is 0 Å². The number of carbonyl (C=O) groups excluding carboxylic acids is 2. The van der Waals surface area contributed by atoms with Crippen molar-refractivity contribution in [1.82, 2.24) is 0 Å². The summed E-state index contributed by atoms with van der Waals surface area (Å²) in [5.41, 5.74) is 3.58. The highest BCUT2D eigenvalue weighted by Crippen LogP contribution is 2.24. The predicted molar refractivity (Wildman–Crippen MR) is 67.0 cm³/mol. The van der Waals surface area contributed by atoms with Gasteiger partial charge in [0, 0.05) is 18.5 Å². The van der Waals surface area contributed by atoms with Gasteiger partial charge in [-0.1, -0.05) is 6.07 Å². The Kier molecular flexibility index (Phi) is 3.57. The van der Waals surface area contributed by atoms with Gasteiger partial charge in [0.2, 0.25) is 5.91 Å². The summed E-state index contributed by atoms with van der Waals surface area (Å²) in [6.45, 7) is 1.50. The number of ketones is 1. The molecule has 0 aliphatic heterocycles. The molecule has 0 heterocycles. The van der Waals surface area contributed by atoms with Gasteiger partial charge < -0.3 is 10.1 Å². The molecule has 90 valence electrons. The van der Waals surface area contributed by atoms with Crippen LogP contribution >= 0.6 is 0 Å². The van der Waals surface area contributed by atoms with Crippen LogP contribution in [0.2, 0.25) is 0 Å². The first kappa shape index (κ1) is 11.8. The minimum absolute atomic E-state index is 0.0501. The molecule has 1 aliphatic rings. The molecule has 0 radical (unpaired) electrons. The van der Waals surface area contributed by atoms with Gasteiger partial charge in [-0.2, -0.15) is 0 Å². The lowest BCUT2D eigenvalue weighted by atomic mass is 10.1. The number of amides is 1. The molecule has 17 heavy (non-hydrogen) atoms. The smallest absolute Gasteiger partial charge is 0.224 e. The van der Waals surface area contributed by atoms with Gasteiger partial charge in [0.15, 0.2) is 0 Å². The summed E-state index contributed by atoms with van der Waals surface area (Å²) in [7, 11) is 0. The first-order chi connectivity index (χ1) is 8.15. The minimum atomic E-state index is -0.0850. The lowest BCUT2D eigenvalue weighted by Crippen LogP contribution is -2.12. The number of carbonyl (C=O) groups is 2. The maximum absolute atomic E-state index is 11.6. The van der Waals surface area contributed by atoms with E-state index in [1.807, 2.05) is 12.1 Å². The van der Waals surface area contributed by atoms with Crippen LogP contribution in [0.4, 0.5) is 5.69 Å². The van der Waals surface area contributed by atoms with Crippen molar-refractivity contribution < 1.29 is 9.59 Å². The van der Waals surface area contributed by atoms with E-state index >= 15 is 0 Å². The van der Waals surface area contributed by atoms with E-state index in [0.29, 0.717) is 6.42 Å². The summed E-state index contributed by atoms with van der Waals surface area (Å²) in [6.07, 6.45) is 4.04. The van der Waals surface area contributed by atoms with Gasteiger partial charge in [0.1, 0.15) is 5.78 Å². The third kappa shape index (κ3) is 3.16. The number of aryl methyl sites for hydroxylation is 2. The molecule has 0 bridgehead atoms. The monoisotopic (exact) mass is 231 g/mol. The van der Waals surface area contributed by atoms with Crippen LogP contribution in [0.15, 0.2) is 18.2 Å². The second-order valence-electron chi connectivity index (χ2n) is 4.59. The molecule has 2 rings (SSSR count). The molecule has 0 unspecified atom stereocenters. The van der Waals surface area contributed by atoms with E-state index in [9.17, 15) is 9.59 Å². The van der Waals surface area contributed by atoms with E-state index in [2.05, 4.69) is 11.4 Å². The van der Waals surface area contributed by atoms with E-state index in [-0.39, 0.29) is 18.1 Å². The van der Waals surface area contributed by atoms with Crippen molar-refractivity contribution in [2.45, 2.75) is 39.0 Å². The Morgan fingerprint density at radius 2 is 1.94 bits per heavy atom. The molecule has 1 aromatic carbocycles. The Morgan fingerprint density at radius 3 is 2.71 bits per heavy atom. The summed E-state index contributed by atoms with van der Waals surface area (Å²) >= 11 is 0. The maximum atomic E-state index is 11.6. The van der Waals surface area contributed by atoms with Gasteiger partial charge in [-0.05, 0) is 49.4 Å². The van der Waals surface area contributed by atoms with Crippen LogP contribution < -0.4 is 5.32 Å². The highest BCUT2D eigenvalue weighted by atomic mass is 16.2. The van der Waals surface area contributed by atoms with Crippen molar-refractivity contribution >= 4 is 17.4 Å². The molecular weight excluding hydrogens is 214 g/mol. The van der Waals surface area contributed by atoms with Crippen molar-refractivity contribution in [3.8, 4) is 0 Å². The van der Waals surface area contributed by atoms with Crippen LogP contribution in [0.25, 0.3) is 0 Å². The van der Waals surface area contributed by atoms with E-state index in [4.69, 9.17) is 0 Å². The molecule has 0 fully saturated rings. The van der Waals surface area contributed by atoms with Gasteiger partial charge in [-0.15, -0.1) is 0 Å². The molecular formula is C14H17NO2. The molecule has 1 aliphatic carbocycles. The lowest BCUT2D eigenvalue weighted by molar-refractivity contribution is -0.121. The number of rotatable bonds is 4. The zero-order valence-corrected chi connectivity index (χ0v) is 10.1. The molecule has 0 atom stereocenters. The molecule has 0 aromatic heterocycles. The second-order valence-corrected chi connectivity index (χ2v) is 4.59. The normalized spacial score (nSPS) is 13.2. The van der Waals surface area contributed by atoms with Crippen molar-refractivity contribution in [2.24, 2.45) is 0 Å². The van der Waals surface area contributed by atoms with Crippen LogP contribution in [0, 0.1) is 0 Å². The summed E-state index contributed by atoms with van der Waals surface area (Å²) in [6, 6.07) is 6.08. The van der Waals surface area contributed by atoms with Crippen molar-refractivity contribution in [1.29, 1.82) is 0 Å². The van der Waals surface area contributed by atoms with E-state index in [1.54, 1.807) is 0 Å². The molecule has 0 saturated heterocycles. The lowest BCUT2D eigenvalue weighted by Gasteiger charge is -2.06. The van der Waals surface area contributed by atoms with Crippen LogP contribution in [-0.4, -0.2) is 11.7 Å². The number of anilines is 1. The number of fused-ring (bicyclic) bond motifs is 1. The second kappa shape index (κ2) is 5.13. The standard InChI is InChI=1S/C14H17NO2/c1-10(16)5-8-14(17)15-13-7-6-11-3-2-4-12(11)9-13/h6-7,9H,2-5,8H2,1H3,(H,15,17). The molecule has 0 spiro atoms. The third-order valence-corrected chi connectivity index (χ3v) is 3.09. The number of hydrogen-bond donors (Lipinski definition) is 1. The summed E-state index contributed by atoms with van der Waals surface area (Å²) < 4.78 is 0. The largest absolute Gasteiger partial charge is 0.326 e. The Labute approximate surface area is 101 Å². The fourth-order valence-electron chi connectivity index (χ4n) is 2.16. The molecule has 3 nitrogen and oxygen atoms in total. The fourth-order valence-corrected chi connectivity index (χ4v) is 2.16. The molecule has 1 N–H and O–H groups in total. The van der Waals surface area contributed by atoms with E-state index in [0.717, 1.165) is 18.5 Å². The SMILES string of the molecule is CC(=O)CCC(=O)Nc1ccc2c(c1)CCC2. The molecule has 1 aromatic rings. The molecule has 3 heteroatoms. The summed E-state index contributed by atoms with van der Waals surface area (Å²) in [5, 5.41) is 2.84. The van der Waals surface area contributed by atoms with Crippen LogP contribution in [-0.2, 0) is 22.4 Å². The third-order valence-electron chi connectivity index (χ3n) is 3.09. The maximum Gasteiger partial charge on any atom is 0.224 e. The average Bonchev–Trinajstić information content (AvgIpc) is 2.73. The first-order valence-electron chi connectivity index (χ1n) is 6.06. The minimum Gasteiger partial charge on any atom is -0.326 e. The average molecular weight is 231 g/mol. The van der Waals surface area contributed by atoms with E-state index < -0.39 is 0 Å². The van der Waals surface area contributed by atoms with Crippen molar-refractivity contribution in [2.75, 3.05) is 5.32 Å². The highest BCUT2D eigenvalue weighted by molar-refractivity contribution is 5.93. The zero-order valence-electron chi connectivity index (χ0n) is 10.1. The van der Waals surface area contributed by atoms with Crippen LogP contribution in [0.5, 0.6) is 0 Å². The Hall–Kier alpha value is -1.64. The first-order valence-corrected chi connectivity index (χ1v) is 6.06. The van der Waals surface area contributed by atoms with Gasteiger partial charge in [-0.25, -0.2) is 0 Å². The van der Waals surface area contributed by atoms with E-state index in [1.165, 1.54) is 24.5 Å². The number of nitrogens with one attached hydrogen (secondary N) is 1. The predicted octanol–water partition coefficient (Wildman–Crippen LogP) is 2.48. The topological polar surface area (TPSA) is 46.2 Å². The van der Waals surface area contributed by atoms with Gasteiger partial charge >= 0.3 is 0 Å². The quantitative estimate of drug-likeness (QED) is 0.865. The number of hydrogen-bond acceptors (Lipinski definition) is 2. The van der Waals surface area contributed by atoms with Crippen LogP contribution in [0.3, 0.4) is 0 Å². The fraction of sp³-hybridized carbons (Fsp3) is 0.429. The Bertz CT molecular complexity index is 452. The highest BCUT2D eigenvalue weighted by Gasteiger charge is 2.11.